The molecule has 0 amide bonds. The van der Waals surface area contributed by atoms with Crippen LogP contribution in [0, 0.1) is 17.5 Å². The second-order valence-corrected chi connectivity index (χ2v) is 4.86. The molecule has 0 saturated heterocycles. The van der Waals surface area contributed by atoms with Gasteiger partial charge in [0.05, 0.1) is 0 Å². The molecule has 0 aromatic heterocycles. The van der Waals surface area contributed by atoms with Gasteiger partial charge in [0, 0.05) is 12.5 Å². The summed E-state index contributed by atoms with van der Waals surface area (Å²) in [5.41, 5.74) is 0.928. The standard InChI is InChI=1S/C17H15F3O2/c18-14-10-16(20)15(19)9-13(14)7-4-8-17(21)22-11-12-5-2-1-3-6-12/h1-3,5-6,9-10H,4,7-8,11H2. The third kappa shape index (κ3) is 4.62. The first-order chi connectivity index (χ1) is 10.6. The molecule has 2 nitrogen and oxygen atoms in total. The Kier molecular flexibility index (Phi) is 5.58. The van der Waals surface area contributed by atoms with Gasteiger partial charge in [-0.2, -0.15) is 0 Å². The van der Waals surface area contributed by atoms with Crippen LogP contribution in [0.25, 0.3) is 0 Å². The van der Waals surface area contributed by atoms with Crippen molar-refractivity contribution in [2.45, 2.75) is 25.9 Å². The summed E-state index contributed by atoms with van der Waals surface area (Å²) in [6.07, 6.45) is 0.532. The van der Waals surface area contributed by atoms with Crippen LogP contribution in [0.3, 0.4) is 0 Å². The number of aryl methyl sites for hydroxylation is 1. The first-order valence-corrected chi connectivity index (χ1v) is 6.89. The Morgan fingerprint density at radius 3 is 2.36 bits per heavy atom. The van der Waals surface area contributed by atoms with Crippen LogP contribution in [-0.4, -0.2) is 5.97 Å². The van der Waals surface area contributed by atoms with E-state index in [1.165, 1.54) is 0 Å². The number of carbonyl (C=O) groups excluding carboxylic acids is 1. The third-order valence-electron chi connectivity index (χ3n) is 3.16. The van der Waals surface area contributed by atoms with Gasteiger partial charge in [0.15, 0.2) is 11.6 Å². The molecule has 2 aromatic carbocycles. The summed E-state index contributed by atoms with van der Waals surface area (Å²) < 4.78 is 44.3. The SMILES string of the molecule is O=C(CCCc1cc(F)c(F)cc1F)OCc1ccccc1. The minimum atomic E-state index is -1.22. The molecule has 0 heterocycles. The number of halogens is 3. The van der Waals surface area contributed by atoms with E-state index >= 15 is 0 Å². The molecule has 0 N–H and O–H groups in total. The Balaban J connectivity index is 1.76. The smallest absolute Gasteiger partial charge is 0.306 e. The molecule has 0 unspecified atom stereocenters. The highest BCUT2D eigenvalue weighted by Gasteiger charge is 2.11. The van der Waals surface area contributed by atoms with Gasteiger partial charge in [0.2, 0.25) is 0 Å². The number of benzene rings is 2. The molecule has 0 fully saturated rings. The zero-order chi connectivity index (χ0) is 15.9. The van der Waals surface area contributed by atoms with E-state index in [4.69, 9.17) is 4.74 Å². The monoisotopic (exact) mass is 308 g/mol. The lowest BCUT2D eigenvalue weighted by atomic mass is 10.1. The normalized spacial score (nSPS) is 10.5. The van der Waals surface area contributed by atoms with Crippen molar-refractivity contribution in [2.24, 2.45) is 0 Å². The summed E-state index contributed by atoms with van der Waals surface area (Å²) in [5, 5.41) is 0. The molecule has 0 aliphatic heterocycles. The molecular formula is C17H15F3O2. The summed E-state index contributed by atoms with van der Waals surface area (Å²) in [4.78, 5) is 11.6. The molecule has 0 bridgehead atoms. The number of esters is 1. The van der Waals surface area contributed by atoms with Gasteiger partial charge in [-0.05, 0) is 30.0 Å². The van der Waals surface area contributed by atoms with Crippen LogP contribution in [-0.2, 0) is 22.6 Å². The largest absolute Gasteiger partial charge is 0.461 e. The van der Waals surface area contributed by atoms with Crippen LogP contribution in [0.1, 0.15) is 24.0 Å². The topological polar surface area (TPSA) is 26.3 Å². The maximum absolute atomic E-state index is 13.4. The molecule has 5 heteroatoms. The Morgan fingerprint density at radius 1 is 0.955 bits per heavy atom. The minimum absolute atomic E-state index is 0.0507. The van der Waals surface area contributed by atoms with Crippen molar-refractivity contribution in [2.75, 3.05) is 0 Å². The number of ether oxygens (including phenoxy) is 1. The van der Waals surface area contributed by atoms with Crippen molar-refractivity contribution in [3.63, 3.8) is 0 Å². The summed E-state index contributed by atoms with van der Waals surface area (Å²) in [7, 11) is 0. The van der Waals surface area contributed by atoms with E-state index < -0.39 is 23.4 Å². The average molecular weight is 308 g/mol. The molecule has 0 radical (unpaired) electrons. The first kappa shape index (κ1) is 16.1. The predicted octanol–water partition coefficient (Wildman–Crippen LogP) is 4.17. The van der Waals surface area contributed by atoms with Gasteiger partial charge in [0.25, 0.3) is 0 Å². The zero-order valence-corrected chi connectivity index (χ0v) is 11.8. The highest BCUT2D eigenvalue weighted by atomic mass is 19.2. The lowest BCUT2D eigenvalue weighted by molar-refractivity contribution is -0.145. The van der Waals surface area contributed by atoms with Crippen molar-refractivity contribution in [1.82, 2.24) is 0 Å². The van der Waals surface area contributed by atoms with Crippen LogP contribution in [0.15, 0.2) is 42.5 Å². The van der Waals surface area contributed by atoms with E-state index in [0.717, 1.165) is 11.6 Å². The molecule has 0 atom stereocenters. The fraction of sp³-hybridized carbons (Fsp3) is 0.235. The Bertz CT molecular complexity index is 642. The minimum Gasteiger partial charge on any atom is -0.461 e. The van der Waals surface area contributed by atoms with Crippen LogP contribution in [0.5, 0.6) is 0 Å². The van der Waals surface area contributed by atoms with Crippen LogP contribution >= 0.6 is 0 Å². The third-order valence-corrected chi connectivity index (χ3v) is 3.16. The quantitative estimate of drug-likeness (QED) is 0.591. The Labute approximate surface area is 126 Å². The molecule has 2 rings (SSSR count). The fourth-order valence-corrected chi connectivity index (χ4v) is 1.99. The number of hydrogen-bond donors (Lipinski definition) is 0. The van der Waals surface area contributed by atoms with Crippen molar-refractivity contribution in [3.8, 4) is 0 Å². The Morgan fingerprint density at radius 2 is 1.64 bits per heavy atom. The van der Waals surface area contributed by atoms with Gasteiger partial charge in [-0.15, -0.1) is 0 Å². The first-order valence-electron chi connectivity index (χ1n) is 6.89. The van der Waals surface area contributed by atoms with Gasteiger partial charge < -0.3 is 4.74 Å². The van der Waals surface area contributed by atoms with E-state index in [0.29, 0.717) is 12.5 Å². The van der Waals surface area contributed by atoms with E-state index in [1.54, 1.807) is 0 Å². The molecular weight excluding hydrogens is 293 g/mol. The molecule has 22 heavy (non-hydrogen) atoms. The molecule has 0 saturated carbocycles. The lowest BCUT2D eigenvalue weighted by Gasteiger charge is -2.06. The number of rotatable bonds is 6. The van der Waals surface area contributed by atoms with Crippen molar-refractivity contribution >= 4 is 5.97 Å². The average Bonchev–Trinajstić information content (AvgIpc) is 2.51. The number of hydrogen-bond acceptors (Lipinski definition) is 2. The Hall–Kier alpha value is -2.30. The van der Waals surface area contributed by atoms with Crippen molar-refractivity contribution in [1.29, 1.82) is 0 Å². The van der Waals surface area contributed by atoms with Crippen LogP contribution < -0.4 is 0 Å². The second kappa shape index (κ2) is 7.64. The second-order valence-electron chi connectivity index (χ2n) is 4.86. The van der Waals surface area contributed by atoms with Gasteiger partial charge in [-0.1, -0.05) is 30.3 Å². The van der Waals surface area contributed by atoms with E-state index in [1.807, 2.05) is 30.3 Å². The zero-order valence-electron chi connectivity index (χ0n) is 11.8. The molecule has 0 spiro atoms. The summed E-state index contributed by atoms with van der Waals surface area (Å²) in [5.74, 6) is -3.53. The molecule has 0 aliphatic carbocycles. The van der Waals surface area contributed by atoms with Gasteiger partial charge in [0.1, 0.15) is 12.4 Å². The molecule has 116 valence electrons. The van der Waals surface area contributed by atoms with Gasteiger partial charge in [-0.25, -0.2) is 13.2 Å². The molecule has 0 aliphatic rings. The summed E-state index contributed by atoms with van der Waals surface area (Å²) >= 11 is 0. The van der Waals surface area contributed by atoms with Gasteiger partial charge in [-0.3, -0.25) is 4.79 Å². The highest BCUT2D eigenvalue weighted by molar-refractivity contribution is 5.69. The van der Waals surface area contributed by atoms with Crippen LogP contribution in [0.2, 0.25) is 0 Å². The lowest BCUT2D eigenvalue weighted by Crippen LogP contribution is -2.05. The number of carbonyl (C=O) groups is 1. The summed E-state index contributed by atoms with van der Waals surface area (Å²) in [6, 6.07) is 10.6. The van der Waals surface area contributed by atoms with E-state index in [-0.39, 0.29) is 25.0 Å². The molecule has 2 aromatic rings. The highest BCUT2D eigenvalue weighted by Crippen LogP contribution is 2.16. The van der Waals surface area contributed by atoms with Gasteiger partial charge >= 0.3 is 5.97 Å². The fourth-order valence-electron chi connectivity index (χ4n) is 1.99. The summed E-state index contributed by atoms with van der Waals surface area (Å²) in [6.45, 7) is 0.180. The van der Waals surface area contributed by atoms with E-state index in [9.17, 15) is 18.0 Å². The maximum atomic E-state index is 13.4. The van der Waals surface area contributed by atoms with Crippen molar-refractivity contribution < 1.29 is 22.7 Å². The van der Waals surface area contributed by atoms with E-state index in [2.05, 4.69) is 0 Å². The predicted molar refractivity (Wildman–Crippen MR) is 75.5 cm³/mol. The van der Waals surface area contributed by atoms with Crippen molar-refractivity contribution in [3.05, 3.63) is 71.0 Å². The van der Waals surface area contributed by atoms with Crippen LogP contribution in [0.4, 0.5) is 13.2 Å². The maximum Gasteiger partial charge on any atom is 0.306 e.